The summed E-state index contributed by atoms with van der Waals surface area (Å²) >= 11 is 6.21. The molecular formula is C14H20ClN. The van der Waals surface area contributed by atoms with Crippen LogP contribution in [-0.4, -0.2) is 6.04 Å². The maximum Gasteiger partial charge on any atom is 0.0640 e. The molecule has 0 heterocycles. The molecule has 1 saturated carbocycles. The predicted octanol–water partition coefficient (Wildman–Crippen LogP) is 4.64. The molecule has 1 nitrogen and oxygen atoms in total. The Kier molecular flexibility index (Phi) is 3.75. The number of hydrogen-bond donors (Lipinski definition) is 1. The zero-order chi connectivity index (χ0) is 11.5. The van der Waals surface area contributed by atoms with Gasteiger partial charge in [0.2, 0.25) is 0 Å². The van der Waals surface area contributed by atoms with E-state index in [9.17, 15) is 0 Å². The van der Waals surface area contributed by atoms with E-state index >= 15 is 0 Å². The lowest BCUT2D eigenvalue weighted by molar-refractivity contribution is 0.361. The Bertz CT molecular complexity index is 354. The average Bonchev–Trinajstić information content (AvgIpc) is 2.25. The van der Waals surface area contributed by atoms with Gasteiger partial charge in [-0.3, -0.25) is 0 Å². The Hall–Kier alpha value is -0.690. The Labute approximate surface area is 103 Å². The van der Waals surface area contributed by atoms with E-state index in [1.165, 1.54) is 31.2 Å². The first kappa shape index (κ1) is 11.8. The molecule has 1 aromatic carbocycles. The topological polar surface area (TPSA) is 12.0 Å². The summed E-state index contributed by atoms with van der Waals surface area (Å²) in [6.07, 6.45) is 5.21. The number of aryl methyl sites for hydroxylation is 1. The van der Waals surface area contributed by atoms with Crippen molar-refractivity contribution in [3.05, 3.63) is 28.8 Å². The van der Waals surface area contributed by atoms with Gasteiger partial charge in [-0.2, -0.15) is 0 Å². The van der Waals surface area contributed by atoms with Crippen molar-refractivity contribution in [3.8, 4) is 0 Å². The molecule has 0 aliphatic heterocycles. The van der Waals surface area contributed by atoms with Crippen molar-refractivity contribution in [1.29, 1.82) is 0 Å². The van der Waals surface area contributed by atoms with Gasteiger partial charge in [-0.15, -0.1) is 0 Å². The molecule has 0 amide bonds. The van der Waals surface area contributed by atoms with Crippen molar-refractivity contribution in [2.45, 2.75) is 45.6 Å². The fraction of sp³-hybridized carbons (Fsp3) is 0.571. The van der Waals surface area contributed by atoms with Crippen molar-refractivity contribution in [2.24, 2.45) is 5.92 Å². The summed E-state index contributed by atoms with van der Waals surface area (Å²) in [5.74, 6) is 0.895. The van der Waals surface area contributed by atoms with E-state index < -0.39 is 0 Å². The number of hydrogen-bond acceptors (Lipinski definition) is 1. The second-order valence-corrected chi connectivity index (χ2v) is 5.49. The van der Waals surface area contributed by atoms with Gasteiger partial charge in [0.15, 0.2) is 0 Å². The highest BCUT2D eigenvalue weighted by Gasteiger charge is 2.18. The van der Waals surface area contributed by atoms with E-state index in [2.05, 4.69) is 31.3 Å². The van der Waals surface area contributed by atoms with Crippen molar-refractivity contribution in [2.75, 3.05) is 5.32 Å². The van der Waals surface area contributed by atoms with Gasteiger partial charge in [0.1, 0.15) is 0 Å². The maximum absolute atomic E-state index is 6.21. The molecule has 0 bridgehead atoms. The van der Waals surface area contributed by atoms with Crippen LogP contribution in [0.25, 0.3) is 0 Å². The second-order valence-electron chi connectivity index (χ2n) is 5.08. The van der Waals surface area contributed by atoms with E-state index in [0.717, 1.165) is 16.6 Å². The zero-order valence-corrected chi connectivity index (χ0v) is 10.8. The molecule has 0 atom stereocenters. The maximum atomic E-state index is 6.21. The van der Waals surface area contributed by atoms with Gasteiger partial charge in [0.25, 0.3) is 0 Å². The largest absolute Gasteiger partial charge is 0.381 e. The SMILES string of the molecule is Cc1ccc(NC2CCC(C)CC2)c(Cl)c1. The first-order chi connectivity index (χ1) is 7.65. The van der Waals surface area contributed by atoms with Crippen LogP contribution < -0.4 is 5.32 Å². The monoisotopic (exact) mass is 237 g/mol. The quantitative estimate of drug-likeness (QED) is 0.790. The van der Waals surface area contributed by atoms with Crippen LogP contribution in [0.15, 0.2) is 18.2 Å². The van der Waals surface area contributed by atoms with Crippen LogP contribution in [0.1, 0.15) is 38.2 Å². The first-order valence-corrected chi connectivity index (χ1v) is 6.55. The van der Waals surface area contributed by atoms with Gasteiger partial charge in [-0.05, 0) is 56.2 Å². The van der Waals surface area contributed by atoms with Crippen LogP contribution in [-0.2, 0) is 0 Å². The third kappa shape index (κ3) is 2.91. The summed E-state index contributed by atoms with van der Waals surface area (Å²) in [6.45, 7) is 4.41. The van der Waals surface area contributed by atoms with Crippen molar-refractivity contribution >= 4 is 17.3 Å². The van der Waals surface area contributed by atoms with Gasteiger partial charge >= 0.3 is 0 Å². The van der Waals surface area contributed by atoms with Crippen LogP contribution in [0.4, 0.5) is 5.69 Å². The third-order valence-electron chi connectivity index (χ3n) is 3.50. The summed E-state index contributed by atoms with van der Waals surface area (Å²) in [4.78, 5) is 0. The van der Waals surface area contributed by atoms with Crippen LogP contribution in [0.3, 0.4) is 0 Å². The van der Waals surface area contributed by atoms with Crippen LogP contribution >= 0.6 is 11.6 Å². The summed E-state index contributed by atoms with van der Waals surface area (Å²) in [6, 6.07) is 6.83. The lowest BCUT2D eigenvalue weighted by Crippen LogP contribution is -2.25. The molecule has 1 aliphatic carbocycles. The molecule has 0 spiro atoms. The second kappa shape index (κ2) is 5.09. The summed E-state index contributed by atoms with van der Waals surface area (Å²) in [7, 11) is 0. The number of anilines is 1. The predicted molar refractivity (Wildman–Crippen MR) is 71.2 cm³/mol. The van der Waals surface area contributed by atoms with E-state index in [-0.39, 0.29) is 0 Å². The molecule has 0 radical (unpaired) electrons. The summed E-state index contributed by atoms with van der Waals surface area (Å²) < 4.78 is 0. The molecule has 16 heavy (non-hydrogen) atoms. The summed E-state index contributed by atoms with van der Waals surface area (Å²) in [5.41, 5.74) is 2.31. The number of rotatable bonds is 2. The number of halogens is 1. The fourth-order valence-electron chi connectivity index (χ4n) is 2.36. The third-order valence-corrected chi connectivity index (χ3v) is 3.81. The van der Waals surface area contributed by atoms with Crippen molar-refractivity contribution in [3.63, 3.8) is 0 Å². The Morgan fingerprint density at radius 1 is 1.19 bits per heavy atom. The first-order valence-electron chi connectivity index (χ1n) is 6.18. The molecular weight excluding hydrogens is 218 g/mol. The molecule has 0 aromatic heterocycles. The molecule has 0 saturated heterocycles. The van der Waals surface area contributed by atoms with Crippen molar-refractivity contribution < 1.29 is 0 Å². The van der Waals surface area contributed by atoms with Gasteiger partial charge in [-0.25, -0.2) is 0 Å². The van der Waals surface area contributed by atoms with Gasteiger partial charge in [0, 0.05) is 6.04 Å². The van der Waals surface area contributed by atoms with E-state index in [0.29, 0.717) is 6.04 Å². The van der Waals surface area contributed by atoms with Crippen LogP contribution in [0.2, 0.25) is 5.02 Å². The fourth-order valence-corrected chi connectivity index (χ4v) is 2.65. The average molecular weight is 238 g/mol. The number of nitrogens with one attached hydrogen (secondary N) is 1. The molecule has 1 aromatic rings. The minimum atomic E-state index is 0.608. The molecule has 1 fully saturated rings. The van der Waals surface area contributed by atoms with E-state index in [1.54, 1.807) is 0 Å². The highest BCUT2D eigenvalue weighted by molar-refractivity contribution is 6.33. The van der Waals surface area contributed by atoms with Crippen molar-refractivity contribution in [1.82, 2.24) is 0 Å². The van der Waals surface area contributed by atoms with Crippen LogP contribution in [0.5, 0.6) is 0 Å². The van der Waals surface area contributed by atoms with Gasteiger partial charge in [-0.1, -0.05) is 24.6 Å². The minimum absolute atomic E-state index is 0.608. The standard InChI is InChI=1S/C14H20ClN/c1-10-3-6-12(7-4-10)16-14-8-5-11(2)9-13(14)15/h5,8-10,12,16H,3-4,6-7H2,1-2H3. The summed E-state index contributed by atoms with van der Waals surface area (Å²) in [5, 5.41) is 4.41. The lowest BCUT2D eigenvalue weighted by Gasteiger charge is -2.28. The Morgan fingerprint density at radius 3 is 2.50 bits per heavy atom. The molecule has 88 valence electrons. The molecule has 0 unspecified atom stereocenters. The van der Waals surface area contributed by atoms with E-state index in [1.807, 2.05) is 6.07 Å². The Morgan fingerprint density at radius 2 is 1.88 bits per heavy atom. The van der Waals surface area contributed by atoms with Gasteiger partial charge < -0.3 is 5.32 Å². The highest BCUT2D eigenvalue weighted by Crippen LogP contribution is 2.29. The zero-order valence-electron chi connectivity index (χ0n) is 10.1. The highest BCUT2D eigenvalue weighted by atomic mass is 35.5. The molecule has 2 heteroatoms. The number of benzene rings is 1. The van der Waals surface area contributed by atoms with E-state index in [4.69, 9.17) is 11.6 Å². The molecule has 2 rings (SSSR count). The lowest BCUT2D eigenvalue weighted by atomic mass is 9.87. The molecule has 1 aliphatic rings. The van der Waals surface area contributed by atoms with Crippen LogP contribution in [0, 0.1) is 12.8 Å². The smallest absolute Gasteiger partial charge is 0.0640 e. The van der Waals surface area contributed by atoms with Gasteiger partial charge in [0.05, 0.1) is 10.7 Å². The molecule has 1 N–H and O–H groups in total. The minimum Gasteiger partial charge on any atom is -0.381 e. The Balaban J connectivity index is 1.98. The normalized spacial score (nSPS) is 25.4.